The molecule has 0 spiro atoms. The molecule has 0 saturated carbocycles. The van der Waals surface area contributed by atoms with E-state index in [0.717, 1.165) is 0 Å². The Labute approximate surface area is 172 Å². The molecule has 0 heterocycles. The fourth-order valence-electron chi connectivity index (χ4n) is 2.51. The van der Waals surface area contributed by atoms with Crippen molar-refractivity contribution in [3.8, 4) is 11.5 Å². The predicted octanol–water partition coefficient (Wildman–Crippen LogP) is 4.51. The van der Waals surface area contributed by atoms with Crippen LogP contribution in [0.3, 0.4) is 0 Å². The Bertz CT molecular complexity index is 808. The SMILES string of the molecule is COc1cc(CN(C)C(=O)NCCSCc2ccccc2F)ccc1OC(F)F. The summed E-state index contributed by atoms with van der Waals surface area (Å²) in [5, 5.41) is 2.79. The lowest BCUT2D eigenvalue weighted by molar-refractivity contribution is -0.0512. The van der Waals surface area contributed by atoms with Gasteiger partial charge in [-0.25, -0.2) is 9.18 Å². The van der Waals surface area contributed by atoms with Crippen LogP contribution in [0.25, 0.3) is 0 Å². The van der Waals surface area contributed by atoms with Gasteiger partial charge in [0.1, 0.15) is 5.82 Å². The summed E-state index contributed by atoms with van der Waals surface area (Å²) in [6.07, 6.45) is 0. The molecule has 0 bridgehead atoms. The zero-order valence-electron chi connectivity index (χ0n) is 16.2. The lowest BCUT2D eigenvalue weighted by atomic mass is 10.2. The van der Waals surface area contributed by atoms with Crippen molar-refractivity contribution in [1.29, 1.82) is 0 Å². The van der Waals surface area contributed by atoms with Gasteiger partial charge in [0.05, 0.1) is 7.11 Å². The van der Waals surface area contributed by atoms with Crippen molar-refractivity contribution in [2.45, 2.75) is 18.9 Å². The van der Waals surface area contributed by atoms with Gasteiger partial charge in [-0.05, 0) is 29.3 Å². The standard InChI is InChI=1S/C20H23F3N2O3S/c1-25(12-14-7-8-17(28-19(22)23)18(11-14)27-2)20(26)24-9-10-29-13-15-5-3-4-6-16(15)21/h3-8,11,19H,9-10,12-13H2,1-2H3,(H,24,26). The van der Waals surface area contributed by atoms with E-state index in [1.165, 1.54) is 35.9 Å². The molecule has 29 heavy (non-hydrogen) atoms. The first-order valence-corrected chi connectivity index (χ1v) is 9.98. The Morgan fingerprint density at radius 3 is 2.66 bits per heavy atom. The Morgan fingerprint density at radius 2 is 1.97 bits per heavy atom. The number of benzene rings is 2. The Hall–Kier alpha value is -2.55. The normalized spacial score (nSPS) is 10.7. The van der Waals surface area contributed by atoms with E-state index >= 15 is 0 Å². The molecule has 2 aromatic rings. The number of hydrogen-bond acceptors (Lipinski definition) is 4. The molecule has 2 aromatic carbocycles. The van der Waals surface area contributed by atoms with Crippen LogP contribution in [0.2, 0.25) is 0 Å². The van der Waals surface area contributed by atoms with E-state index in [-0.39, 0.29) is 29.9 Å². The zero-order chi connectivity index (χ0) is 21.2. The lowest BCUT2D eigenvalue weighted by Gasteiger charge is -2.19. The molecule has 2 amide bonds. The third-order valence-electron chi connectivity index (χ3n) is 3.95. The number of rotatable bonds is 10. The van der Waals surface area contributed by atoms with E-state index in [9.17, 15) is 18.0 Å². The van der Waals surface area contributed by atoms with Gasteiger partial charge in [-0.2, -0.15) is 20.5 Å². The highest BCUT2D eigenvalue weighted by Crippen LogP contribution is 2.29. The van der Waals surface area contributed by atoms with Crippen molar-refractivity contribution in [2.24, 2.45) is 0 Å². The minimum atomic E-state index is -2.94. The van der Waals surface area contributed by atoms with Crippen molar-refractivity contribution < 1.29 is 27.4 Å². The van der Waals surface area contributed by atoms with Crippen molar-refractivity contribution in [1.82, 2.24) is 10.2 Å². The van der Waals surface area contributed by atoms with E-state index < -0.39 is 6.61 Å². The van der Waals surface area contributed by atoms with E-state index in [1.54, 1.807) is 37.4 Å². The maximum atomic E-state index is 13.5. The average molecular weight is 428 g/mol. The molecule has 0 fully saturated rings. The van der Waals surface area contributed by atoms with Gasteiger partial charge in [-0.1, -0.05) is 24.3 Å². The van der Waals surface area contributed by atoms with E-state index in [1.807, 2.05) is 0 Å². The van der Waals surface area contributed by atoms with Gasteiger partial charge in [0.25, 0.3) is 0 Å². The second-order valence-electron chi connectivity index (χ2n) is 6.10. The van der Waals surface area contributed by atoms with Crippen LogP contribution >= 0.6 is 11.8 Å². The molecule has 2 rings (SSSR count). The summed E-state index contributed by atoms with van der Waals surface area (Å²) in [6.45, 7) is -2.24. The Morgan fingerprint density at radius 1 is 1.21 bits per heavy atom. The largest absolute Gasteiger partial charge is 0.493 e. The van der Waals surface area contributed by atoms with Gasteiger partial charge in [-0.15, -0.1) is 0 Å². The molecular formula is C20H23F3N2O3S. The summed E-state index contributed by atoms with van der Waals surface area (Å²) in [6, 6.07) is 10.8. The highest BCUT2D eigenvalue weighted by atomic mass is 32.2. The Balaban J connectivity index is 1.76. The molecule has 0 atom stereocenters. The fraction of sp³-hybridized carbons (Fsp3) is 0.350. The van der Waals surface area contributed by atoms with E-state index in [0.29, 0.717) is 29.2 Å². The summed E-state index contributed by atoms with van der Waals surface area (Å²) in [5.41, 5.74) is 1.34. The molecule has 0 aliphatic heterocycles. The molecule has 0 radical (unpaired) electrons. The third-order valence-corrected chi connectivity index (χ3v) is 4.96. The molecule has 9 heteroatoms. The molecule has 1 N–H and O–H groups in total. The van der Waals surface area contributed by atoms with Crippen LogP contribution in [0.15, 0.2) is 42.5 Å². The van der Waals surface area contributed by atoms with Crippen molar-refractivity contribution in [3.63, 3.8) is 0 Å². The number of alkyl halides is 2. The molecule has 0 aliphatic carbocycles. The van der Waals surface area contributed by atoms with Gasteiger partial charge in [0, 0.05) is 31.6 Å². The summed E-state index contributed by atoms with van der Waals surface area (Å²) in [5.74, 6) is 1.04. The molecule has 0 aliphatic rings. The number of methoxy groups -OCH3 is 1. The van der Waals surface area contributed by atoms with Crippen LogP contribution in [-0.4, -0.2) is 44.0 Å². The first kappa shape index (κ1) is 22.7. The van der Waals surface area contributed by atoms with Gasteiger partial charge >= 0.3 is 12.6 Å². The number of carbonyl (C=O) groups excluding carboxylic acids is 1. The number of ether oxygens (including phenoxy) is 2. The number of urea groups is 1. The number of hydrogen-bond donors (Lipinski definition) is 1. The number of nitrogens with one attached hydrogen (secondary N) is 1. The fourth-order valence-corrected chi connectivity index (χ4v) is 3.36. The lowest BCUT2D eigenvalue weighted by Crippen LogP contribution is -2.37. The minimum Gasteiger partial charge on any atom is -0.493 e. The summed E-state index contributed by atoms with van der Waals surface area (Å²) >= 11 is 1.52. The summed E-state index contributed by atoms with van der Waals surface area (Å²) in [4.78, 5) is 13.7. The average Bonchev–Trinajstić information content (AvgIpc) is 2.69. The number of carbonyl (C=O) groups is 1. The van der Waals surface area contributed by atoms with Crippen LogP contribution in [0, 0.1) is 5.82 Å². The third kappa shape index (κ3) is 7.41. The second-order valence-corrected chi connectivity index (χ2v) is 7.20. The van der Waals surface area contributed by atoms with Crippen LogP contribution in [0.1, 0.15) is 11.1 Å². The van der Waals surface area contributed by atoms with Gasteiger partial charge in [0.15, 0.2) is 11.5 Å². The minimum absolute atomic E-state index is 0.0646. The topological polar surface area (TPSA) is 50.8 Å². The number of halogens is 3. The highest BCUT2D eigenvalue weighted by Gasteiger charge is 2.13. The monoisotopic (exact) mass is 428 g/mol. The number of thioether (sulfide) groups is 1. The smallest absolute Gasteiger partial charge is 0.387 e. The maximum absolute atomic E-state index is 13.5. The molecule has 0 saturated heterocycles. The van der Waals surface area contributed by atoms with Gasteiger partial charge < -0.3 is 19.7 Å². The first-order valence-electron chi connectivity index (χ1n) is 8.82. The van der Waals surface area contributed by atoms with Gasteiger partial charge in [-0.3, -0.25) is 0 Å². The van der Waals surface area contributed by atoms with E-state index in [4.69, 9.17) is 4.74 Å². The van der Waals surface area contributed by atoms with E-state index in [2.05, 4.69) is 10.1 Å². The quantitative estimate of drug-likeness (QED) is 0.566. The maximum Gasteiger partial charge on any atom is 0.387 e. The van der Waals surface area contributed by atoms with Crippen LogP contribution < -0.4 is 14.8 Å². The molecule has 0 unspecified atom stereocenters. The Kier molecular flexibility index (Phi) is 8.98. The molecular weight excluding hydrogens is 405 g/mol. The van der Waals surface area contributed by atoms with Crippen LogP contribution in [-0.2, 0) is 12.3 Å². The number of nitrogens with zero attached hydrogens (tertiary/aromatic N) is 1. The first-order chi connectivity index (χ1) is 13.9. The van der Waals surface area contributed by atoms with Crippen molar-refractivity contribution >= 4 is 17.8 Å². The van der Waals surface area contributed by atoms with Crippen LogP contribution in [0.4, 0.5) is 18.0 Å². The molecule has 5 nitrogen and oxygen atoms in total. The summed E-state index contributed by atoms with van der Waals surface area (Å²) < 4.78 is 47.7. The van der Waals surface area contributed by atoms with Gasteiger partial charge in [0.2, 0.25) is 0 Å². The molecule has 0 aromatic heterocycles. The second kappa shape index (κ2) is 11.5. The highest BCUT2D eigenvalue weighted by molar-refractivity contribution is 7.98. The van der Waals surface area contributed by atoms with Crippen molar-refractivity contribution in [3.05, 3.63) is 59.4 Å². The molecule has 158 valence electrons. The van der Waals surface area contributed by atoms with Crippen molar-refractivity contribution in [2.75, 3.05) is 26.5 Å². The zero-order valence-corrected chi connectivity index (χ0v) is 17.0. The van der Waals surface area contributed by atoms with Crippen LogP contribution in [0.5, 0.6) is 11.5 Å². The number of amides is 2. The summed E-state index contributed by atoms with van der Waals surface area (Å²) in [7, 11) is 2.98. The predicted molar refractivity (Wildman–Crippen MR) is 107 cm³/mol.